The second-order valence-corrected chi connectivity index (χ2v) is 6.33. The minimum atomic E-state index is -2.30. The number of nitrogens with zero attached hydrogens (tertiary/aromatic N) is 1. The van der Waals surface area contributed by atoms with Crippen LogP contribution in [0.4, 0.5) is 0 Å². The number of aliphatic imine (C=N–C) groups is 1. The summed E-state index contributed by atoms with van der Waals surface area (Å²) < 4.78 is 0. The maximum Gasteiger partial charge on any atom is 0.219 e. The lowest BCUT2D eigenvalue weighted by molar-refractivity contribution is 0.500. The van der Waals surface area contributed by atoms with Crippen molar-refractivity contribution in [3.63, 3.8) is 0 Å². The van der Waals surface area contributed by atoms with Gasteiger partial charge in [-0.3, -0.25) is 4.99 Å². The van der Waals surface area contributed by atoms with E-state index in [0.29, 0.717) is 5.45 Å². The van der Waals surface area contributed by atoms with Crippen LogP contribution in [0.25, 0.3) is 0 Å². The van der Waals surface area contributed by atoms with Gasteiger partial charge >= 0.3 is 0 Å². The fraction of sp³-hybridized carbons (Fsp3) is 0.0500. The smallest absolute Gasteiger partial charge is 0.219 e. The lowest BCUT2D eigenvalue weighted by Crippen LogP contribution is -2.05. The SMILES string of the molecule is OP(O)C(=NC(c1ccccc1)c1ccccc1)c1ccccc1. The largest absolute Gasteiger partial charge is 0.346 e. The van der Waals surface area contributed by atoms with E-state index in [1.807, 2.05) is 91.0 Å². The summed E-state index contributed by atoms with van der Waals surface area (Å²) in [4.78, 5) is 24.5. The zero-order valence-corrected chi connectivity index (χ0v) is 13.9. The van der Waals surface area contributed by atoms with Gasteiger partial charge in [0.1, 0.15) is 11.5 Å². The number of benzene rings is 3. The molecule has 0 unspecified atom stereocenters. The summed E-state index contributed by atoms with van der Waals surface area (Å²) in [7, 11) is -2.30. The molecule has 24 heavy (non-hydrogen) atoms. The molecular weight excluding hydrogens is 317 g/mol. The second-order valence-electron chi connectivity index (χ2n) is 5.33. The van der Waals surface area contributed by atoms with E-state index in [1.54, 1.807) is 0 Å². The van der Waals surface area contributed by atoms with Crippen LogP contribution in [-0.2, 0) is 0 Å². The molecular formula is C20H18NO2P. The summed E-state index contributed by atoms with van der Waals surface area (Å²) in [6.07, 6.45) is 0. The van der Waals surface area contributed by atoms with Crippen molar-refractivity contribution in [3.05, 3.63) is 108 Å². The van der Waals surface area contributed by atoms with Crippen molar-refractivity contribution in [1.29, 1.82) is 0 Å². The molecule has 0 heterocycles. The minimum absolute atomic E-state index is 0.285. The van der Waals surface area contributed by atoms with Gasteiger partial charge in [0.15, 0.2) is 0 Å². The van der Waals surface area contributed by atoms with E-state index in [1.165, 1.54) is 0 Å². The van der Waals surface area contributed by atoms with Gasteiger partial charge in [0.2, 0.25) is 8.38 Å². The van der Waals surface area contributed by atoms with E-state index in [9.17, 15) is 9.79 Å². The topological polar surface area (TPSA) is 52.8 Å². The quantitative estimate of drug-likeness (QED) is 0.532. The van der Waals surface area contributed by atoms with Crippen LogP contribution >= 0.6 is 8.38 Å². The highest BCUT2D eigenvalue weighted by molar-refractivity contribution is 7.65. The van der Waals surface area contributed by atoms with Crippen LogP contribution in [0.2, 0.25) is 0 Å². The Kier molecular flexibility index (Phi) is 5.50. The zero-order valence-electron chi connectivity index (χ0n) is 13.0. The Morgan fingerprint density at radius 2 is 1.08 bits per heavy atom. The highest BCUT2D eigenvalue weighted by atomic mass is 31.2. The molecule has 0 saturated heterocycles. The summed E-state index contributed by atoms with van der Waals surface area (Å²) >= 11 is 0. The molecule has 0 aliphatic carbocycles. The van der Waals surface area contributed by atoms with Crippen molar-refractivity contribution in [2.45, 2.75) is 6.04 Å². The van der Waals surface area contributed by atoms with E-state index in [0.717, 1.165) is 16.7 Å². The first-order valence-corrected chi connectivity index (χ1v) is 8.91. The Morgan fingerprint density at radius 1 is 0.667 bits per heavy atom. The van der Waals surface area contributed by atoms with Crippen LogP contribution in [0.5, 0.6) is 0 Å². The third-order valence-electron chi connectivity index (χ3n) is 3.70. The van der Waals surface area contributed by atoms with E-state index >= 15 is 0 Å². The molecule has 0 aliphatic heterocycles. The van der Waals surface area contributed by atoms with Crippen molar-refractivity contribution in [1.82, 2.24) is 0 Å². The normalized spacial score (nSPS) is 11.9. The molecule has 3 nitrogen and oxygen atoms in total. The Bertz CT molecular complexity index is 750. The first kappa shape index (κ1) is 16.5. The van der Waals surface area contributed by atoms with E-state index in [-0.39, 0.29) is 6.04 Å². The predicted octanol–water partition coefficient (Wildman–Crippen LogP) is 4.52. The lowest BCUT2D eigenvalue weighted by atomic mass is 9.99. The van der Waals surface area contributed by atoms with Gasteiger partial charge in [0.05, 0.1) is 0 Å². The van der Waals surface area contributed by atoms with Crippen molar-refractivity contribution in [3.8, 4) is 0 Å². The monoisotopic (exact) mass is 335 g/mol. The molecule has 2 N–H and O–H groups in total. The zero-order chi connectivity index (χ0) is 16.8. The highest BCUT2D eigenvalue weighted by Gasteiger charge is 2.19. The maximum atomic E-state index is 9.90. The van der Waals surface area contributed by atoms with Crippen LogP contribution in [0.1, 0.15) is 22.7 Å². The number of hydrogen-bond acceptors (Lipinski definition) is 3. The van der Waals surface area contributed by atoms with Crippen molar-refractivity contribution >= 4 is 13.8 Å². The molecule has 3 aromatic rings. The maximum absolute atomic E-state index is 9.90. The molecule has 3 rings (SSSR count). The lowest BCUT2D eigenvalue weighted by Gasteiger charge is -2.17. The molecule has 120 valence electrons. The van der Waals surface area contributed by atoms with Crippen molar-refractivity contribution in [2.24, 2.45) is 4.99 Å². The van der Waals surface area contributed by atoms with E-state index in [2.05, 4.69) is 0 Å². The molecule has 0 amide bonds. The van der Waals surface area contributed by atoms with Gasteiger partial charge in [-0.05, 0) is 11.1 Å². The molecule has 0 bridgehead atoms. The average molecular weight is 335 g/mol. The van der Waals surface area contributed by atoms with Gasteiger partial charge < -0.3 is 9.79 Å². The summed E-state index contributed by atoms with van der Waals surface area (Å²) in [6.45, 7) is 0. The number of rotatable bonds is 5. The van der Waals surface area contributed by atoms with Crippen LogP contribution in [-0.4, -0.2) is 15.2 Å². The van der Waals surface area contributed by atoms with E-state index < -0.39 is 8.38 Å². The number of hydrogen-bond donors (Lipinski definition) is 2. The Balaban J connectivity index is 2.11. The first-order valence-electron chi connectivity index (χ1n) is 7.66. The van der Waals surface area contributed by atoms with Gasteiger partial charge in [-0.2, -0.15) is 0 Å². The van der Waals surface area contributed by atoms with Gasteiger partial charge in [-0.1, -0.05) is 91.0 Å². The second kappa shape index (κ2) is 7.98. The Labute approximate surface area is 142 Å². The van der Waals surface area contributed by atoms with Gasteiger partial charge in [0.25, 0.3) is 0 Å². The molecule has 0 spiro atoms. The van der Waals surface area contributed by atoms with Crippen molar-refractivity contribution < 1.29 is 9.79 Å². The highest BCUT2D eigenvalue weighted by Crippen LogP contribution is 2.35. The molecule has 0 radical (unpaired) electrons. The van der Waals surface area contributed by atoms with Gasteiger partial charge in [0, 0.05) is 5.56 Å². The summed E-state index contributed by atoms with van der Waals surface area (Å²) in [5.74, 6) is 0. The third-order valence-corrected chi connectivity index (χ3v) is 4.46. The minimum Gasteiger partial charge on any atom is -0.346 e. The van der Waals surface area contributed by atoms with E-state index in [4.69, 9.17) is 4.99 Å². The molecule has 0 aromatic heterocycles. The standard InChI is InChI=1S/C20H18NO2P/c22-24(23)20(18-14-8-3-9-15-18)21-19(16-10-4-1-5-11-16)17-12-6-2-7-13-17/h1-15,19,22-23H. The fourth-order valence-corrected chi connectivity index (χ4v) is 3.16. The summed E-state index contributed by atoms with van der Waals surface area (Å²) in [5, 5.41) is 0. The van der Waals surface area contributed by atoms with Crippen LogP contribution in [0.3, 0.4) is 0 Å². The predicted molar refractivity (Wildman–Crippen MR) is 99.1 cm³/mol. The third kappa shape index (κ3) is 3.95. The molecule has 4 heteroatoms. The molecule has 0 atom stereocenters. The Morgan fingerprint density at radius 3 is 1.50 bits per heavy atom. The molecule has 0 saturated carbocycles. The van der Waals surface area contributed by atoms with Crippen LogP contribution in [0, 0.1) is 0 Å². The summed E-state index contributed by atoms with van der Waals surface area (Å²) in [5.41, 5.74) is 3.07. The van der Waals surface area contributed by atoms with Gasteiger partial charge in [-0.15, -0.1) is 0 Å². The van der Waals surface area contributed by atoms with Crippen LogP contribution in [0.15, 0.2) is 96.0 Å². The molecule has 0 aliphatic rings. The Hall–Kier alpha value is -2.32. The van der Waals surface area contributed by atoms with Gasteiger partial charge in [-0.25, -0.2) is 0 Å². The summed E-state index contributed by atoms with van der Waals surface area (Å²) in [6, 6.07) is 28.8. The molecule has 3 aromatic carbocycles. The van der Waals surface area contributed by atoms with Crippen molar-refractivity contribution in [2.75, 3.05) is 0 Å². The molecule has 0 fully saturated rings. The average Bonchev–Trinajstić information content (AvgIpc) is 2.64. The van der Waals surface area contributed by atoms with Crippen LogP contribution < -0.4 is 0 Å². The fourth-order valence-electron chi connectivity index (χ4n) is 2.56. The first-order chi connectivity index (χ1) is 11.8.